The van der Waals surface area contributed by atoms with E-state index in [2.05, 4.69) is 50.3 Å². The van der Waals surface area contributed by atoms with Crippen molar-refractivity contribution in [2.45, 2.75) is 31.8 Å². The highest BCUT2D eigenvalue weighted by Crippen LogP contribution is 2.47. The second kappa shape index (κ2) is 9.45. The standard InChI is InChI=1S/C25H22BrFN3OS3/c1-4-30-20(13-17-7-5-6-11-29(17)14-16-10-12-32-23(16)26)33-22(24(30)31)25-28(3)19-9-8-18(27)15(2)21(19)34-25/h5-13H,4,14H2,1-3H3/q+1. The van der Waals surface area contributed by atoms with Gasteiger partial charge in [0.15, 0.2) is 12.7 Å². The zero-order valence-electron chi connectivity index (χ0n) is 18.8. The van der Waals surface area contributed by atoms with Gasteiger partial charge in [-0.05, 0) is 59.4 Å². The predicted molar refractivity (Wildman–Crippen MR) is 144 cm³/mol. The van der Waals surface area contributed by atoms with E-state index in [1.54, 1.807) is 24.3 Å². The smallest absolute Gasteiger partial charge is 0.271 e. The Morgan fingerprint density at radius 1 is 1.21 bits per heavy atom. The third-order valence-corrected chi connectivity index (χ3v) is 10.3. The summed E-state index contributed by atoms with van der Waals surface area (Å²) in [6.07, 6.45) is 4.14. The van der Waals surface area contributed by atoms with Crippen molar-refractivity contribution in [3.63, 3.8) is 0 Å². The number of anilines is 1. The lowest BCUT2D eigenvalue weighted by molar-refractivity contribution is -0.690. The van der Waals surface area contributed by atoms with E-state index in [1.165, 1.54) is 34.7 Å². The van der Waals surface area contributed by atoms with Crippen molar-refractivity contribution in [2.24, 2.45) is 0 Å². The van der Waals surface area contributed by atoms with E-state index in [0.717, 1.165) is 36.3 Å². The van der Waals surface area contributed by atoms with Crippen LogP contribution in [0.4, 0.5) is 10.1 Å². The minimum absolute atomic E-state index is 0.0120. The van der Waals surface area contributed by atoms with E-state index in [-0.39, 0.29) is 11.4 Å². The monoisotopic (exact) mass is 574 g/mol. The summed E-state index contributed by atoms with van der Waals surface area (Å²) in [5.41, 5.74) is 3.78. The van der Waals surface area contributed by atoms with E-state index in [9.17, 15) is 9.18 Å². The van der Waals surface area contributed by atoms with Gasteiger partial charge in [0.05, 0.1) is 9.47 Å². The van der Waals surface area contributed by atoms with Gasteiger partial charge in [-0.15, -0.1) is 22.7 Å². The molecule has 0 amide bonds. The lowest BCUT2D eigenvalue weighted by Crippen LogP contribution is -2.38. The molecular formula is C25H22BrFN3OS3+. The molecule has 3 aromatic heterocycles. The highest BCUT2D eigenvalue weighted by atomic mass is 79.9. The molecule has 4 nitrogen and oxygen atoms in total. The lowest BCUT2D eigenvalue weighted by atomic mass is 10.2. The number of thiazole rings is 1. The second-order valence-electron chi connectivity index (χ2n) is 7.92. The maximum absolute atomic E-state index is 14.2. The largest absolute Gasteiger partial charge is 0.337 e. The van der Waals surface area contributed by atoms with Gasteiger partial charge in [-0.3, -0.25) is 9.36 Å². The maximum atomic E-state index is 14.2. The number of hydrogen-bond acceptors (Lipinski definition) is 5. The van der Waals surface area contributed by atoms with Crippen molar-refractivity contribution >= 4 is 67.2 Å². The second-order valence-corrected chi connectivity index (χ2v) is 12.2. The third kappa shape index (κ3) is 4.08. The first-order valence-electron chi connectivity index (χ1n) is 10.8. The van der Waals surface area contributed by atoms with Gasteiger partial charge in [0.25, 0.3) is 5.56 Å². The minimum Gasteiger partial charge on any atom is -0.337 e. The molecule has 0 fully saturated rings. The molecule has 5 rings (SSSR count). The minimum atomic E-state index is -0.224. The van der Waals surface area contributed by atoms with Crippen LogP contribution >= 0.6 is 50.4 Å². The summed E-state index contributed by atoms with van der Waals surface area (Å²) in [6.45, 7) is 5.09. The summed E-state index contributed by atoms with van der Waals surface area (Å²) in [6, 6.07) is 11.5. The molecule has 1 aliphatic rings. The predicted octanol–water partition coefficient (Wildman–Crippen LogP) is 4.67. The fourth-order valence-corrected chi connectivity index (χ4v) is 7.76. The molecule has 4 heterocycles. The van der Waals surface area contributed by atoms with Crippen LogP contribution in [0.5, 0.6) is 0 Å². The van der Waals surface area contributed by atoms with E-state index >= 15 is 0 Å². The Labute approximate surface area is 217 Å². The molecule has 0 N–H and O–H groups in total. The van der Waals surface area contributed by atoms with Gasteiger partial charge in [0.1, 0.15) is 20.0 Å². The number of aromatic nitrogens is 2. The zero-order valence-corrected chi connectivity index (χ0v) is 22.9. The van der Waals surface area contributed by atoms with Crippen LogP contribution in [-0.4, -0.2) is 11.6 Å². The van der Waals surface area contributed by atoms with Gasteiger partial charge < -0.3 is 4.90 Å². The SMILES string of the molecule is CCn1c(=Cc2cccc[n+]2Cc2ccsc2Br)sc(=C2Sc3c(ccc(F)c3C)N2C)c1=O. The number of rotatable bonds is 4. The number of thiophene rings is 1. The number of halogens is 2. The molecule has 1 aromatic carbocycles. The van der Waals surface area contributed by atoms with Crippen molar-refractivity contribution in [2.75, 3.05) is 11.9 Å². The summed E-state index contributed by atoms with van der Waals surface area (Å²) >= 11 is 8.27. The van der Waals surface area contributed by atoms with Crippen LogP contribution in [0.1, 0.15) is 23.7 Å². The highest BCUT2D eigenvalue weighted by molar-refractivity contribution is 9.11. The Bertz CT molecular complexity index is 1590. The van der Waals surface area contributed by atoms with Crippen molar-refractivity contribution in [1.29, 1.82) is 0 Å². The van der Waals surface area contributed by atoms with E-state index in [1.807, 2.05) is 35.6 Å². The Balaban J connectivity index is 1.65. The van der Waals surface area contributed by atoms with Crippen molar-refractivity contribution in [1.82, 2.24) is 4.57 Å². The number of benzene rings is 1. The molecule has 4 aromatic rings. The summed E-state index contributed by atoms with van der Waals surface area (Å²) < 4.78 is 20.9. The molecule has 0 radical (unpaired) electrons. The molecule has 0 aliphatic carbocycles. The van der Waals surface area contributed by atoms with Crippen molar-refractivity contribution in [3.05, 3.63) is 93.9 Å². The maximum Gasteiger partial charge on any atom is 0.271 e. The van der Waals surface area contributed by atoms with Crippen LogP contribution in [-0.2, 0) is 13.1 Å². The fraction of sp³-hybridized carbons (Fsp3) is 0.200. The van der Waals surface area contributed by atoms with Crippen LogP contribution in [0.2, 0.25) is 0 Å². The first-order valence-corrected chi connectivity index (χ1v) is 14.1. The Morgan fingerprint density at radius 3 is 2.76 bits per heavy atom. The Hall–Kier alpha value is -2.20. The third-order valence-electron chi connectivity index (χ3n) is 5.89. The summed E-state index contributed by atoms with van der Waals surface area (Å²) in [4.78, 5) is 16.3. The number of thioether (sulfide) groups is 1. The molecule has 34 heavy (non-hydrogen) atoms. The van der Waals surface area contributed by atoms with Crippen molar-refractivity contribution < 1.29 is 8.96 Å². The molecule has 0 unspecified atom stereocenters. The number of fused-ring (bicyclic) bond motifs is 1. The normalized spacial score (nSPS) is 15.3. The molecule has 0 atom stereocenters. The average Bonchev–Trinajstić information content (AvgIpc) is 3.48. The first-order chi connectivity index (χ1) is 16.4. The summed E-state index contributed by atoms with van der Waals surface area (Å²) in [5, 5.41) is 2.93. The summed E-state index contributed by atoms with van der Waals surface area (Å²) in [7, 11) is 1.94. The zero-order chi connectivity index (χ0) is 24.0. The van der Waals surface area contributed by atoms with E-state index in [0.29, 0.717) is 16.6 Å². The molecule has 174 valence electrons. The molecule has 0 saturated heterocycles. The molecule has 0 spiro atoms. The fourth-order valence-electron chi connectivity index (χ4n) is 3.99. The Morgan fingerprint density at radius 2 is 2.03 bits per heavy atom. The highest BCUT2D eigenvalue weighted by Gasteiger charge is 2.27. The Kier molecular flexibility index (Phi) is 6.54. The van der Waals surface area contributed by atoms with Gasteiger partial charge in [-0.2, -0.15) is 4.57 Å². The van der Waals surface area contributed by atoms with Gasteiger partial charge in [0, 0.05) is 47.8 Å². The van der Waals surface area contributed by atoms with Crippen LogP contribution < -0.4 is 24.2 Å². The van der Waals surface area contributed by atoms with Crippen LogP contribution in [0.3, 0.4) is 0 Å². The van der Waals surface area contributed by atoms with E-state index < -0.39 is 0 Å². The first kappa shape index (κ1) is 23.5. The van der Waals surface area contributed by atoms with Gasteiger partial charge in [0.2, 0.25) is 5.69 Å². The molecule has 9 heteroatoms. The average molecular weight is 576 g/mol. The number of nitrogens with zero attached hydrogens (tertiary/aromatic N) is 3. The number of pyridine rings is 1. The topological polar surface area (TPSA) is 29.1 Å². The van der Waals surface area contributed by atoms with Crippen LogP contribution in [0.15, 0.2) is 61.5 Å². The molecule has 1 aliphatic heterocycles. The molecule has 0 saturated carbocycles. The summed E-state index contributed by atoms with van der Waals surface area (Å²) in [5.74, 6) is -0.224. The van der Waals surface area contributed by atoms with Crippen molar-refractivity contribution in [3.8, 4) is 0 Å². The molecule has 0 bridgehead atoms. The molecular weight excluding hydrogens is 553 g/mol. The van der Waals surface area contributed by atoms with Gasteiger partial charge in [-0.1, -0.05) is 11.8 Å². The van der Waals surface area contributed by atoms with Gasteiger partial charge >= 0.3 is 0 Å². The van der Waals surface area contributed by atoms with E-state index in [4.69, 9.17) is 0 Å². The van der Waals surface area contributed by atoms with Crippen LogP contribution in [0, 0.1) is 12.7 Å². The lowest BCUT2D eigenvalue weighted by Gasteiger charge is -2.12. The van der Waals surface area contributed by atoms with Crippen LogP contribution in [0.25, 0.3) is 11.1 Å². The number of hydrogen-bond donors (Lipinski definition) is 0. The quantitative estimate of drug-likeness (QED) is 0.332. The van der Waals surface area contributed by atoms with Gasteiger partial charge in [-0.25, -0.2) is 4.39 Å².